The number of imidazole rings is 1. The number of hydrogen-bond donors (Lipinski definition) is 2. The molecule has 0 aliphatic heterocycles. The quantitative estimate of drug-likeness (QED) is 0.881. The summed E-state index contributed by atoms with van der Waals surface area (Å²) in [5.41, 5.74) is 1.88. The van der Waals surface area contributed by atoms with E-state index in [-0.39, 0.29) is 6.61 Å². The van der Waals surface area contributed by atoms with E-state index in [1.54, 1.807) is 11.8 Å². The van der Waals surface area contributed by atoms with Crippen molar-refractivity contribution in [3.63, 3.8) is 0 Å². The largest absolute Gasteiger partial charge is 0.394 e. The fourth-order valence-electron chi connectivity index (χ4n) is 1.44. The van der Waals surface area contributed by atoms with E-state index >= 15 is 0 Å². The molecule has 2 heterocycles. The van der Waals surface area contributed by atoms with Crippen LogP contribution in [0.2, 0.25) is 0 Å². The van der Waals surface area contributed by atoms with Gasteiger partial charge in [-0.25, -0.2) is 4.98 Å². The third-order valence-corrected chi connectivity index (χ3v) is 3.83. The lowest BCUT2D eigenvalue weighted by molar-refractivity contribution is 0.113. The maximum Gasteiger partial charge on any atom is 0.137 e. The van der Waals surface area contributed by atoms with Crippen molar-refractivity contribution in [3.05, 3.63) is 34.7 Å². The molecule has 0 unspecified atom stereocenters. The molecular formula is C11H13BrN2O2S. The lowest BCUT2D eigenvalue weighted by Gasteiger charge is -2.04. The first-order valence-corrected chi connectivity index (χ1v) is 7.13. The molecule has 0 aromatic carbocycles. The zero-order valence-electron chi connectivity index (χ0n) is 9.08. The lowest BCUT2D eigenvalue weighted by atomic mass is 10.4. The Morgan fingerprint density at radius 3 is 3.00 bits per heavy atom. The van der Waals surface area contributed by atoms with Crippen LogP contribution in [0.3, 0.4) is 0 Å². The minimum Gasteiger partial charge on any atom is -0.394 e. The summed E-state index contributed by atoms with van der Waals surface area (Å²) in [4.78, 5) is 4.45. The third kappa shape index (κ3) is 3.45. The van der Waals surface area contributed by atoms with E-state index in [1.165, 1.54) is 0 Å². The molecule has 0 saturated heterocycles. The molecule has 6 heteroatoms. The molecule has 2 rings (SSSR count). The van der Waals surface area contributed by atoms with Crippen LogP contribution < -0.4 is 0 Å². The molecular weight excluding hydrogens is 304 g/mol. The van der Waals surface area contributed by atoms with Gasteiger partial charge in [0.1, 0.15) is 5.65 Å². The van der Waals surface area contributed by atoms with Gasteiger partial charge in [0.15, 0.2) is 0 Å². The van der Waals surface area contributed by atoms with Gasteiger partial charge in [0.2, 0.25) is 0 Å². The second-order valence-corrected chi connectivity index (χ2v) is 5.64. The fourth-order valence-corrected chi connectivity index (χ4v) is 2.64. The van der Waals surface area contributed by atoms with Crippen LogP contribution in [0.1, 0.15) is 5.69 Å². The van der Waals surface area contributed by atoms with E-state index in [4.69, 9.17) is 5.11 Å². The number of hydrogen-bond acceptors (Lipinski definition) is 4. The van der Waals surface area contributed by atoms with Crippen LogP contribution in [0.4, 0.5) is 0 Å². The van der Waals surface area contributed by atoms with Crippen molar-refractivity contribution < 1.29 is 10.2 Å². The van der Waals surface area contributed by atoms with Crippen LogP contribution in [-0.4, -0.2) is 38.1 Å². The molecule has 0 bridgehead atoms. The Morgan fingerprint density at radius 2 is 2.24 bits per heavy atom. The van der Waals surface area contributed by atoms with E-state index in [2.05, 4.69) is 20.9 Å². The summed E-state index contributed by atoms with van der Waals surface area (Å²) >= 11 is 4.97. The van der Waals surface area contributed by atoms with Gasteiger partial charge in [0, 0.05) is 28.4 Å². The van der Waals surface area contributed by atoms with Crippen molar-refractivity contribution in [1.29, 1.82) is 0 Å². The first-order valence-electron chi connectivity index (χ1n) is 5.19. The molecule has 92 valence electrons. The van der Waals surface area contributed by atoms with Crippen molar-refractivity contribution >= 4 is 33.3 Å². The molecule has 2 N–H and O–H groups in total. The Kier molecular flexibility index (Phi) is 4.44. The number of thioether (sulfide) groups is 1. The Morgan fingerprint density at radius 1 is 1.41 bits per heavy atom. The summed E-state index contributed by atoms with van der Waals surface area (Å²) in [6.07, 6.45) is 3.28. The summed E-state index contributed by atoms with van der Waals surface area (Å²) < 4.78 is 2.97. The SMILES string of the molecule is OC[C@H](O)CSCc1cn2cc(Br)ccc2n1. The molecule has 0 amide bonds. The minimum absolute atomic E-state index is 0.189. The van der Waals surface area contributed by atoms with E-state index < -0.39 is 6.10 Å². The average molecular weight is 317 g/mol. The van der Waals surface area contributed by atoms with Gasteiger partial charge in [-0.05, 0) is 28.1 Å². The zero-order chi connectivity index (χ0) is 12.3. The lowest BCUT2D eigenvalue weighted by Crippen LogP contribution is -2.14. The first-order chi connectivity index (χ1) is 8.19. The fraction of sp³-hybridized carbons (Fsp3) is 0.364. The number of fused-ring (bicyclic) bond motifs is 1. The normalized spacial score (nSPS) is 13.1. The van der Waals surface area contributed by atoms with Crippen LogP contribution in [0.25, 0.3) is 5.65 Å². The topological polar surface area (TPSA) is 57.8 Å². The Hall–Kier alpha value is -0.560. The predicted molar refractivity (Wildman–Crippen MR) is 72.1 cm³/mol. The van der Waals surface area contributed by atoms with Gasteiger partial charge in [0.25, 0.3) is 0 Å². The molecule has 2 aromatic rings. The van der Waals surface area contributed by atoms with Crippen LogP contribution in [-0.2, 0) is 5.75 Å². The highest BCUT2D eigenvalue weighted by Crippen LogP contribution is 2.16. The van der Waals surface area contributed by atoms with Crippen molar-refractivity contribution in [2.24, 2.45) is 0 Å². The zero-order valence-corrected chi connectivity index (χ0v) is 11.5. The molecule has 4 nitrogen and oxygen atoms in total. The third-order valence-electron chi connectivity index (χ3n) is 2.24. The van der Waals surface area contributed by atoms with E-state index in [0.717, 1.165) is 21.6 Å². The molecule has 0 aliphatic carbocycles. The molecule has 2 aromatic heterocycles. The smallest absolute Gasteiger partial charge is 0.137 e. The van der Waals surface area contributed by atoms with Crippen LogP contribution in [0.5, 0.6) is 0 Å². The van der Waals surface area contributed by atoms with Gasteiger partial charge in [0.05, 0.1) is 18.4 Å². The van der Waals surface area contributed by atoms with Crippen LogP contribution >= 0.6 is 27.7 Å². The maximum absolute atomic E-state index is 9.21. The highest BCUT2D eigenvalue weighted by Gasteiger charge is 2.05. The van der Waals surface area contributed by atoms with Gasteiger partial charge in [-0.3, -0.25) is 0 Å². The molecule has 0 spiro atoms. The van der Waals surface area contributed by atoms with Gasteiger partial charge < -0.3 is 14.6 Å². The maximum atomic E-state index is 9.21. The Balaban J connectivity index is 1.99. The highest BCUT2D eigenvalue weighted by molar-refractivity contribution is 9.10. The number of rotatable bonds is 5. The second-order valence-electron chi connectivity index (χ2n) is 3.70. The van der Waals surface area contributed by atoms with Crippen LogP contribution in [0, 0.1) is 0 Å². The van der Waals surface area contributed by atoms with Gasteiger partial charge in [-0.1, -0.05) is 0 Å². The molecule has 0 fully saturated rings. The summed E-state index contributed by atoms with van der Waals surface area (Å²) in [6, 6.07) is 3.90. The minimum atomic E-state index is -0.647. The van der Waals surface area contributed by atoms with Crippen molar-refractivity contribution in [2.75, 3.05) is 12.4 Å². The van der Waals surface area contributed by atoms with Gasteiger partial charge in [-0.15, -0.1) is 0 Å². The van der Waals surface area contributed by atoms with Gasteiger partial charge in [-0.2, -0.15) is 11.8 Å². The molecule has 1 atom stereocenters. The number of aromatic nitrogens is 2. The molecule has 17 heavy (non-hydrogen) atoms. The summed E-state index contributed by atoms with van der Waals surface area (Å²) in [5, 5.41) is 17.9. The number of aliphatic hydroxyl groups excluding tert-OH is 2. The second kappa shape index (κ2) is 5.86. The van der Waals surface area contributed by atoms with Crippen molar-refractivity contribution in [2.45, 2.75) is 11.9 Å². The van der Waals surface area contributed by atoms with Crippen molar-refractivity contribution in [3.8, 4) is 0 Å². The Labute approximate surface area is 112 Å². The molecule has 0 aliphatic rings. The number of pyridine rings is 1. The van der Waals surface area contributed by atoms with Crippen LogP contribution in [0.15, 0.2) is 29.0 Å². The highest BCUT2D eigenvalue weighted by atomic mass is 79.9. The predicted octanol–water partition coefficient (Wildman–Crippen LogP) is 1.68. The standard InChI is InChI=1S/C11H13BrN2O2S/c12-8-1-2-11-13-9(4-14(11)3-8)6-17-7-10(16)5-15/h1-4,10,15-16H,5-7H2/t10-/m0/s1. The number of nitrogens with zero attached hydrogens (tertiary/aromatic N) is 2. The Bertz CT molecular complexity index is 503. The first kappa shape index (κ1) is 12.9. The van der Waals surface area contributed by atoms with E-state index in [9.17, 15) is 5.11 Å². The summed E-state index contributed by atoms with van der Waals surface area (Å²) in [6.45, 7) is -0.189. The molecule has 0 saturated carbocycles. The van der Waals surface area contributed by atoms with E-state index in [1.807, 2.05) is 28.9 Å². The monoisotopic (exact) mass is 316 g/mol. The van der Waals surface area contributed by atoms with Gasteiger partial charge >= 0.3 is 0 Å². The number of halogens is 1. The number of aliphatic hydroxyl groups is 2. The summed E-state index contributed by atoms with van der Waals surface area (Å²) in [7, 11) is 0. The van der Waals surface area contributed by atoms with Crippen molar-refractivity contribution in [1.82, 2.24) is 9.38 Å². The van der Waals surface area contributed by atoms with E-state index in [0.29, 0.717) is 5.75 Å². The molecule has 0 radical (unpaired) electrons. The average Bonchev–Trinajstić information content (AvgIpc) is 2.70. The summed E-state index contributed by atoms with van der Waals surface area (Å²) in [5.74, 6) is 1.25.